The summed E-state index contributed by atoms with van der Waals surface area (Å²) >= 11 is 0. The van der Waals surface area contributed by atoms with Crippen LogP contribution in [0.25, 0.3) is 66.3 Å². The van der Waals surface area contributed by atoms with Crippen LogP contribution in [-0.4, -0.2) is 9.97 Å². The van der Waals surface area contributed by atoms with Crippen LogP contribution in [0.5, 0.6) is 0 Å². The first kappa shape index (κ1) is 24.0. The monoisotopic (exact) mass is 512 g/mol. The molecule has 0 amide bonds. The van der Waals surface area contributed by atoms with E-state index < -0.39 is 0 Å². The zero-order valence-electron chi connectivity index (χ0n) is 22.6. The lowest BCUT2D eigenvalue weighted by molar-refractivity contribution is 1.29. The van der Waals surface area contributed by atoms with Crippen LogP contribution in [0.3, 0.4) is 0 Å². The standard InChI is InChI=1S/C38H28N2/c1-25-18-20-40-37(21-25)30-12-6-11-29(22-30)31-13-7-14-32(26(31)2)36-24-38-34(15-8-19-39-38)33-17-16-28(23-35(33)36)27-9-4-3-5-10-27/h3-24H,1-2H3. The Morgan fingerprint density at radius 2 is 1.23 bits per heavy atom. The van der Waals surface area contributed by atoms with Crippen molar-refractivity contribution < 1.29 is 0 Å². The summed E-state index contributed by atoms with van der Waals surface area (Å²) in [6.45, 7) is 4.34. The van der Waals surface area contributed by atoms with Crippen molar-refractivity contribution in [1.29, 1.82) is 0 Å². The van der Waals surface area contributed by atoms with Crippen LogP contribution in [-0.2, 0) is 0 Å². The maximum Gasteiger partial charge on any atom is 0.0714 e. The third-order valence-corrected chi connectivity index (χ3v) is 7.84. The normalized spacial score (nSPS) is 11.2. The minimum atomic E-state index is 0.996. The molecule has 2 heteroatoms. The van der Waals surface area contributed by atoms with Gasteiger partial charge in [-0.2, -0.15) is 0 Å². The molecule has 2 heterocycles. The van der Waals surface area contributed by atoms with E-state index in [1.165, 1.54) is 60.7 Å². The lowest BCUT2D eigenvalue weighted by Gasteiger charge is -2.17. The minimum absolute atomic E-state index is 0.996. The Morgan fingerprint density at radius 3 is 2.10 bits per heavy atom. The molecule has 7 aromatic rings. The van der Waals surface area contributed by atoms with Gasteiger partial charge in [-0.25, -0.2) is 0 Å². The van der Waals surface area contributed by atoms with Gasteiger partial charge in [0.15, 0.2) is 0 Å². The molecule has 7 rings (SSSR count). The highest BCUT2D eigenvalue weighted by Crippen LogP contribution is 2.40. The van der Waals surface area contributed by atoms with Crippen LogP contribution in [0.4, 0.5) is 0 Å². The quantitative estimate of drug-likeness (QED) is 0.219. The Balaban J connectivity index is 1.44. The van der Waals surface area contributed by atoms with Crippen molar-refractivity contribution in [2.45, 2.75) is 13.8 Å². The lowest BCUT2D eigenvalue weighted by Crippen LogP contribution is -1.92. The van der Waals surface area contributed by atoms with Gasteiger partial charge in [0.2, 0.25) is 0 Å². The summed E-state index contributed by atoms with van der Waals surface area (Å²) in [5.74, 6) is 0. The Labute approximate surface area is 234 Å². The maximum atomic E-state index is 4.75. The fourth-order valence-corrected chi connectivity index (χ4v) is 5.79. The number of aryl methyl sites for hydroxylation is 1. The number of aromatic nitrogens is 2. The fourth-order valence-electron chi connectivity index (χ4n) is 5.79. The first-order valence-electron chi connectivity index (χ1n) is 13.7. The summed E-state index contributed by atoms with van der Waals surface area (Å²) in [6.07, 6.45) is 3.76. The Hall–Kier alpha value is -5.08. The molecule has 0 unspecified atom stereocenters. The van der Waals surface area contributed by atoms with Crippen molar-refractivity contribution in [2.24, 2.45) is 0 Å². The molecule has 0 saturated carbocycles. The molecule has 0 aliphatic carbocycles. The van der Waals surface area contributed by atoms with E-state index in [9.17, 15) is 0 Å². The molecule has 0 saturated heterocycles. The molecule has 0 aliphatic heterocycles. The maximum absolute atomic E-state index is 4.75. The van der Waals surface area contributed by atoms with E-state index in [2.05, 4.69) is 128 Å². The van der Waals surface area contributed by atoms with E-state index in [-0.39, 0.29) is 0 Å². The van der Waals surface area contributed by atoms with E-state index in [4.69, 9.17) is 4.98 Å². The molecule has 40 heavy (non-hydrogen) atoms. The van der Waals surface area contributed by atoms with Crippen LogP contribution < -0.4 is 0 Å². The van der Waals surface area contributed by atoms with Gasteiger partial charge in [-0.1, -0.05) is 84.9 Å². The molecule has 0 aliphatic rings. The Bertz CT molecular complexity index is 2020. The number of fused-ring (bicyclic) bond motifs is 3. The first-order chi connectivity index (χ1) is 19.7. The van der Waals surface area contributed by atoms with Crippen LogP contribution in [0, 0.1) is 13.8 Å². The highest BCUT2D eigenvalue weighted by molar-refractivity contribution is 6.14. The molecule has 0 bridgehead atoms. The molecular formula is C38H28N2. The summed E-state index contributed by atoms with van der Waals surface area (Å²) in [7, 11) is 0. The molecule has 0 spiro atoms. The number of nitrogens with zero attached hydrogens (tertiary/aromatic N) is 2. The molecular weight excluding hydrogens is 484 g/mol. The van der Waals surface area contributed by atoms with E-state index in [1.54, 1.807) is 0 Å². The van der Waals surface area contributed by atoms with Gasteiger partial charge in [0.25, 0.3) is 0 Å². The van der Waals surface area contributed by atoms with Crippen LogP contribution in [0.15, 0.2) is 134 Å². The van der Waals surface area contributed by atoms with Crippen molar-refractivity contribution in [2.75, 3.05) is 0 Å². The van der Waals surface area contributed by atoms with Gasteiger partial charge < -0.3 is 0 Å². The van der Waals surface area contributed by atoms with E-state index >= 15 is 0 Å². The van der Waals surface area contributed by atoms with Gasteiger partial charge >= 0.3 is 0 Å². The van der Waals surface area contributed by atoms with E-state index in [1.807, 2.05) is 24.5 Å². The van der Waals surface area contributed by atoms with Gasteiger partial charge in [-0.15, -0.1) is 0 Å². The summed E-state index contributed by atoms with van der Waals surface area (Å²) in [5.41, 5.74) is 12.9. The second-order valence-electron chi connectivity index (χ2n) is 10.4. The Kier molecular flexibility index (Phi) is 5.94. The second-order valence-corrected chi connectivity index (χ2v) is 10.4. The number of hydrogen-bond donors (Lipinski definition) is 0. The van der Waals surface area contributed by atoms with Crippen molar-refractivity contribution in [3.63, 3.8) is 0 Å². The van der Waals surface area contributed by atoms with Gasteiger partial charge in [0.05, 0.1) is 11.2 Å². The smallest absolute Gasteiger partial charge is 0.0714 e. The van der Waals surface area contributed by atoms with Crippen LogP contribution >= 0.6 is 0 Å². The number of pyridine rings is 2. The summed E-state index contributed by atoms with van der Waals surface area (Å²) in [5, 5.41) is 3.63. The SMILES string of the molecule is Cc1ccnc(-c2cccc(-c3cccc(-c4cc5ncccc5c5ccc(-c6ccccc6)cc45)c3C)c2)c1. The van der Waals surface area contributed by atoms with Gasteiger partial charge in [-0.05, 0) is 106 Å². The third kappa shape index (κ3) is 4.24. The minimum Gasteiger partial charge on any atom is -0.256 e. The van der Waals surface area contributed by atoms with Gasteiger partial charge in [0.1, 0.15) is 0 Å². The molecule has 0 radical (unpaired) electrons. The number of hydrogen-bond acceptors (Lipinski definition) is 2. The topological polar surface area (TPSA) is 25.8 Å². The van der Waals surface area contributed by atoms with Crippen molar-refractivity contribution in [1.82, 2.24) is 9.97 Å². The zero-order valence-corrected chi connectivity index (χ0v) is 22.6. The largest absolute Gasteiger partial charge is 0.256 e. The summed E-state index contributed by atoms with van der Waals surface area (Å²) < 4.78 is 0. The van der Waals surface area contributed by atoms with Gasteiger partial charge in [-0.3, -0.25) is 9.97 Å². The van der Waals surface area contributed by atoms with E-state index in [0.29, 0.717) is 0 Å². The molecule has 0 N–H and O–H groups in total. The van der Waals surface area contributed by atoms with Crippen molar-refractivity contribution in [3.05, 3.63) is 145 Å². The zero-order chi connectivity index (χ0) is 27.1. The Morgan fingerprint density at radius 1 is 0.425 bits per heavy atom. The lowest BCUT2D eigenvalue weighted by atomic mass is 9.88. The molecule has 2 aromatic heterocycles. The molecule has 0 fully saturated rings. The fraction of sp³-hybridized carbons (Fsp3) is 0.0526. The second kappa shape index (κ2) is 9.91. The van der Waals surface area contributed by atoms with Crippen molar-refractivity contribution >= 4 is 21.7 Å². The summed E-state index contributed by atoms with van der Waals surface area (Å²) in [4.78, 5) is 9.38. The highest BCUT2D eigenvalue weighted by atomic mass is 14.7. The number of rotatable bonds is 4. The van der Waals surface area contributed by atoms with Crippen molar-refractivity contribution in [3.8, 4) is 44.6 Å². The average Bonchev–Trinajstić information content (AvgIpc) is 3.01. The third-order valence-electron chi connectivity index (χ3n) is 7.84. The molecule has 0 atom stereocenters. The predicted molar refractivity (Wildman–Crippen MR) is 168 cm³/mol. The highest BCUT2D eigenvalue weighted by Gasteiger charge is 2.15. The van der Waals surface area contributed by atoms with Crippen LogP contribution in [0.2, 0.25) is 0 Å². The molecule has 190 valence electrons. The van der Waals surface area contributed by atoms with Gasteiger partial charge in [0, 0.05) is 23.3 Å². The molecule has 5 aromatic carbocycles. The first-order valence-corrected chi connectivity index (χ1v) is 13.7. The molecule has 2 nitrogen and oxygen atoms in total. The predicted octanol–water partition coefficient (Wildman–Crippen LogP) is 10.1. The average molecular weight is 513 g/mol. The van der Waals surface area contributed by atoms with Crippen LogP contribution in [0.1, 0.15) is 11.1 Å². The summed E-state index contributed by atoms with van der Waals surface area (Å²) in [6, 6.07) is 43.4. The van der Waals surface area contributed by atoms with E-state index in [0.717, 1.165) is 16.8 Å². The number of benzene rings is 5.